The molecule has 8 heteroatoms. The van der Waals surface area contributed by atoms with Gasteiger partial charge < -0.3 is 34.6 Å². The van der Waals surface area contributed by atoms with Crippen LogP contribution in [0.4, 0.5) is 10.5 Å². The molecule has 0 saturated heterocycles. The van der Waals surface area contributed by atoms with Gasteiger partial charge in [-0.1, -0.05) is 36.4 Å². The van der Waals surface area contributed by atoms with Crippen LogP contribution in [0.15, 0.2) is 60.8 Å². The normalized spacial score (nSPS) is 11.0. The molecule has 0 aliphatic carbocycles. The molecule has 0 spiro atoms. The van der Waals surface area contributed by atoms with Gasteiger partial charge in [-0.05, 0) is 23.8 Å². The Morgan fingerprint density at radius 1 is 0.844 bits per heavy atom. The van der Waals surface area contributed by atoms with E-state index in [1.807, 2.05) is 54.7 Å². The Morgan fingerprint density at radius 3 is 2.34 bits per heavy atom. The standard InChI is InChI=1S/C24H31N3O5/c25-22-7-4-8-23-21(22)9-11-27(23)12-14-30-16-18-31-17-15-29-13-10-26-24(28)32-19-20-5-2-1-3-6-20/h1-9,11H,10,12-19,25H2,(H,26,28). The van der Waals surface area contributed by atoms with Gasteiger partial charge in [-0.2, -0.15) is 0 Å². The number of nitrogens with zero attached hydrogens (tertiary/aromatic N) is 1. The zero-order valence-electron chi connectivity index (χ0n) is 18.2. The van der Waals surface area contributed by atoms with Crippen LogP contribution in [0.3, 0.4) is 0 Å². The smallest absolute Gasteiger partial charge is 0.407 e. The molecule has 0 fully saturated rings. The Kier molecular flexibility index (Phi) is 9.85. The van der Waals surface area contributed by atoms with Crippen molar-refractivity contribution >= 4 is 22.7 Å². The minimum Gasteiger partial charge on any atom is -0.445 e. The minimum atomic E-state index is -0.456. The lowest BCUT2D eigenvalue weighted by atomic mass is 10.2. The Bertz CT molecular complexity index is 945. The Morgan fingerprint density at radius 2 is 1.56 bits per heavy atom. The topological polar surface area (TPSA) is 97.0 Å². The molecule has 0 radical (unpaired) electrons. The zero-order chi connectivity index (χ0) is 22.4. The van der Waals surface area contributed by atoms with Crippen LogP contribution >= 0.6 is 0 Å². The number of benzene rings is 2. The molecular weight excluding hydrogens is 410 g/mol. The average Bonchev–Trinajstić information content (AvgIpc) is 3.23. The highest BCUT2D eigenvalue weighted by atomic mass is 16.6. The van der Waals surface area contributed by atoms with Gasteiger partial charge in [0.15, 0.2) is 0 Å². The van der Waals surface area contributed by atoms with E-state index >= 15 is 0 Å². The zero-order valence-corrected chi connectivity index (χ0v) is 18.2. The van der Waals surface area contributed by atoms with E-state index in [4.69, 9.17) is 24.7 Å². The van der Waals surface area contributed by atoms with Gasteiger partial charge in [0.2, 0.25) is 0 Å². The Labute approximate surface area is 188 Å². The number of anilines is 1. The number of amides is 1. The number of hydrogen-bond donors (Lipinski definition) is 2. The Hall–Kier alpha value is -3.07. The Balaban J connectivity index is 1.11. The number of hydrogen-bond acceptors (Lipinski definition) is 6. The van der Waals surface area contributed by atoms with Crippen LogP contribution in [-0.2, 0) is 32.1 Å². The maximum Gasteiger partial charge on any atom is 0.407 e. The summed E-state index contributed by atoms with van der Waals surface area (Å²) in [7, 11) is 0. The molecule has 2 aromatic carbocycles. The number of nitrogen functional groups attached to an aromatic ring is 1. The molecule has 1 heterocycles. The third-order valence-corrected chi connectivity index (χ3v) is 4.80. The van der Waals surface area contributed by atoms with Gasteiger partial charge in [0.1, 0.15) is 6.61 Å². The molecule has 0 aliphatic heterocycles. The summed E-state index contributed by atoms with van der Waals surface area (Å²) in [6.07, 6.45) is 1.57. The third kappa shape index (κ3) is 7.88. The van der Waals surface area contributed by atoms with Gasteiger partial charge >= 0.3 is 6.09 Å². The summed E-state index contributed by atoms with van der Waals surface area (Å²) in [5.74, 6) is 0. The molecule has 8 nitrogen and oxygen atoms in total. The minimum absolute atomic E-state index is 0.250. The molecule has 3 N–H and O–H groups in total. The van der Waals surface area contributed by atoms with Crippen molar-refractivity contribution in [2.24, 2.45) is 0 Å². The predicted octanol–water partition coefficient (Wildman–Crippen LogP) is 3.20. The first-order valence-corrected chi connectivity index (χ1v) is 10.7. The molecule has 3 rings (SSSR count). The van der Waals surface area contributed by atoms with Gasteiger partial charge in [-0.3, -0.25) is 0 Å². The highest BCUT2D eigenvalue weighted by Gasteiger charge is 2.03. The van der Waals surface area contributed by atoms with Crippen molar-refractivity contribution in [2.75, 3.05) is 51.9 Å². The first-order valence-electron chi connectivity index (χ1n) is 10.7. The van der Waals surface area contributed by atoms with E-state index < -0.39 is 6.09 Å². The fraction of sp³-hybridized carbons (Fsp3) is 0.375. The van der Waals surface area contributed by atoms with Crippen LogP contribution in [0.2, 0.25) is 0 Å². The van der Waals surface area contributed by atoms with Crippen LogP contribution < -0.4 is 11.1 Å². The lowest BCUT2D eigenvalue weighted by Crippen LogP contribution is -2.28. The van der Waals surface area contributed by atoms with Crippen molar-refractivity contribution < 1.29 is 23.7 Å². The van der Waals surface area contributed by atoms with Crippen LogP contribution in [0, 0.1) is 0 Å². The van der Waals surface area contributed by atoms with E-state index in [0.29, 0.717) is 46.2 Å². The SMILES string of the molecule is Nc1cccc2c1ccn2CCOCCOCCOCCNC(=O)OCc1ccccc1. The lowest BCUT2D eigenvalue weighted by molar-refractivity contribution is 0.0138. The second kappa shape index (κ2) is 13.4. The molecule has 3 aromatic rings. The van der Waals surface area contributed by atoms with Crippen LogP contribution in [0.5, 0.6) is 0 Å². The van der Waals surface area contributed by atoms with Gasteiger partial charge in [-0.25, -0.2) is 4.79 Å². The highest BCUT2D eigenvalue weighted by Crippen LogP contribution is 2.21. The number of alkyl carbamates (subject to hydrolysis) is 1. The summed E-state index contributed by atoms with van der Waals surface area (Å²) in [4.78, 5) is 11.6. The maximum absolute atomic E-state index is 11.6. The molecule has 32 heavy (non-hydrogen) atoms. The average molecular weight is 442 g/mol. The molecular formula is C24H31N3O5. The fourth-order valence-corrected chi connectivity index (χ4v) is 3.15. The molecule has 0 unspecified atom stereocenters. The molecule has 0 saturated carbocycles. The molecule has 0 bridgehead atoms. The number of ether oxygens (including phenoxy) is 4. The first kappa shape index (κ1) is 23.6. The molecule has 172 valence electrons. The number of aromatic nitrogens is 1. The van der Waals surface area contributed by atoms with Gasteiger partial charge in [0, 0.05) is 30.4 Å². The lowest BCUT2D eigenvalue weighted by Gasteiger charge is -2.09. The van der Waals surface area contributed by atoms with Crippen molar-refractivity contribution in [1.29, 1.82) is 0 Å². The molecule has 0 aliphatic rings. The molecule has 1 amide bonds. The van der Waals surface area contributed by atoms with Crippen LogP contribution in [-0.4, -0.2) is 56.8 Å². The van der Waals surface area contributed by atoms with E-state index in [0.717, 1.165) is 28.7 Å². The van der Waals surface area contributed by atoms with Crippen LogP contribution in [0.25, 0.3) is 10.9 Å². The summed E-state index contributed by atoms with van der Waals surface area (Å²) in [6.45, 7) is 4.36. The number of carbonyl (C=O) groups is 1. The second-order valence-electron chi connectivity index (χ2n) is 7.11. The summed E-state index contributed by atoms with van der Waals surface area (Å²) >= 11 is 0. The number of fused-ring (bicyclic) bond motifs is 1. The molecule has 1 aromatic heterocycles. The van der Waals surface area contributed by atoms with E-state index in [1.165, 1.54) is 0 Å². The number of nitrogens with one attached hydrogen (secondary N) is 1. The van der Waals surface area contributed by atoms with Gasteiger partial charge in [0.25, 0.3) is 0 Å². The van der Waals surface area contributed by atoms with E-state index in [-0.39, 0.29) is 6.61 Å². The third-order valence-electron chi connectivity index (χ3n) is 4.80. The van der Waals surface area contributed by atoms with Crippen molar-refractivity contribution in [2.45, 2.75) is 13.2 Å². The predicted molar refractivity (Wildman–Crippen MR) is 123 cm³/mol. The first-order chi connectivity index (χ1) is 15.7. The van der Waals surface area contributed by atoms with E-state index in [9.17, 15) is 4.79 Å². The number of carbonyl (C=O) groups excluding carboxylic acids is 1. The largest absolute Gasteiger partial charge is 0.445 e. The second-order valence-corrected chi connectivity index (χ2v) is 7.11. The quantitative estimate of drug-likeness (QED) is 0.295. The van der Waals surface area contributed by atoms with Gasteiger partial charge in [-0.15, -0.1) is 0 Å². The highest BCUT2D eigenvalue weighted by molar-refractivity contribution is 5.91. The van der Waals surface area contributed by atoms with Crippen LogP contribution in [0.1, 0.15) is 5.56 Å². The van der Waals surface area contributed by atoms with Crippen molar-refractivity contribution in [3.63, 3.8) is 0 Å². The maximum atomic E-state index is 11.6. The van der Waals surface area contributed by atoms with Crippen molar-refractivity contribution in [1.82, 2.24) is 9.88 Å². The monoisotopic (exact) mass is 441 g/mol. The van der Waals surface area contributed by atoms with E-state index in [2.05, 4.69) is 16.0 Å². The summed E-state index contributed by atoms with van der Waals surface area (Å²) in [6, 6.07) is 17.5. The fourth-order valence-electron chi connectivity index (χ4n) is 3.15. The molecule has 0 atom stereocenters. The number of rotatable bonds is 14. The van der Waals surface area contributed by atoms with Crippen molar-refractivity contribution in [3.05, 3.63) is 66.4 Å². The van der Waals surface area contributed by atoms with Gasteiger partial charge in [0.05, 0.1) is 45.2 Å². The van der Waals surface area contributed by atoms with E-state index in [1.54, 1.807) is 0 Å². The summed E-state index contributed by atoms with van der Waals surface area (Å²) in [5.41, 5.74) is 8.83. The van der Waals surface area contributed by atoms with Crippen molar-refractivity contribution in [3.8, 4) is 0 Å². The number of nitrogens with two attached hydrogens (primary N) is 1. The summed E-state index contributed by atoms with van der Waals surface area (Å²) < 4.78 is 23.8. The summed E-state index contributed by atoms with van der Waals surface area (Å²) in [5, 5.41) is 3.71.